The SMILES string of the molecule is CCCCC/C=C/C/C=C/C/C=C/CCCCCCC(=O)O[C@H](COC(=O)/C=C/C=C/CCCCCCCCCCCCC)CO[C@H]1O[C@@H](CO[C@H]2O[C@@H](CO)[C@@H](O)C(O)C2O)[C@@H](O)C(O)C1O. The molecule has 15 nitrogen and oxygen atoms in total. The van der Waals surface area contributed by atoms with E-state index in [9.17, 15) is 45.3 Å². The molecule has 2 aliphatic heterocycles. The van der Waals surface area contributed by atoms with Crippen molar-refractivity contribution in [3.05, 3.63) is 60.8 Å². The molecule has 4 unspecified atom stereocenters. The fraction of sp³-hybridized carbons (Fsp3) is 0.774. The van der Waals surface area contributed by atoms with Gasteiger partial charge in [-0.1, -0.05) is 158 Å². The Kier molecular flexibility index (Phi) is 36.0. The molecule has 392 valence electrons. The minimum Gasteiger partial charge on any atom is -0.458 e. The Balaban J connectivity index is 1.86. The number of allylic oxidation sites excluding steroid dienone is 9. The summed E-state index contributed by atoms with van der Waals surface area (Å²) in [6, 6.07) is 0. The van der Waals surface area contributed by atoms with Crippen molar-refractivity contribution in [2.24, 2.45) is 0 Å². The van der Waals surface area contributed by atoms with Gasteiger partial charge in [-0.2, -0.15) is 0 Å². The summed E-state index contributed by atoms with van der Waals surface area (Å²) in [4.78, 5) is 25.6. The zero-order valence-electron chi connectivity index (χ0n) is 41.3. The van der Waals surface area contributed by atoms with Gasteiger partial charge in [-0.15, -0.1) is 0 Å². The number of unbranched alkanes of at least 4 members (excludes halogenated alkanes) is 18. The Bertz CT molecular complexity index is 1420. The normalized spacial score (nSPS) is 26.2. The number of carbonyl (C=O) groups excluding carboxylic acids is 2. The standard InChI is InChI=1S/C53H90O15/c1-3-5-7-9-11-13-15-17-19-20-22-24-26-28-30-32-34-36-45(56)66-41(38-63-44(55)35-33-31-29-27-25-23-21-18-16-14-12-10-8-6-4-2)39-64-52-51(62)49(60)47(58)43(68-52)40-65-53-50(61)48(59)46(57)42(37-54)67-53/h11,13,17,19,22,24,29,31,33,35,41-43,46-54,57-62H,3-10,12,14-16,18,20-21,23,25-28,30,32,34,36-40H2,1-2H3/b13-11+,19-17+,24-22+,31-29+,35-33+/t41-,42+,43+,46-,47-,48?,49?,50?,51?,52+,53+/m1/s1. The molecule has 0 aromatic carbocycles. The summed E-state index contributed by atoms with van der Waals surface area (Å²) in [5.74, 6) is -1.21. The molecule has 2 heterocycles. The lowest BCUT2D eigenvalue weighted by Crippen LogP contribution is -2.61. The van der Waals surface area contributed by atoms with Crippen LogP contribution < -0.4 is 0 Å². The second kappa shape index (κ2) is 39.9. The number of aliphatic hydroxyl groups excluding tert-OH is 7. The Morgan fingerprint density at radius 3 is 1.57 bits per heavy atom. The zero-order valence-corrected chi connectivity index (χ0v) is 41.3. The third-order valence-electron chi connectivity index (χ3n) is 12.1. The van der Waals surface area contributed by atoms with E-state index in [1.807, 2.05) is 6.08 Å². The molecule has 0 radical (unpaired) electrons. The predicted molar refractivity (Wildman–Crippen MR) is 261 cm³/mol. The average Bonchev–Trinajstić information content (AvgIpc) is 3.33. The molecule has 0 aliphatic carbocycles. The van der Waals surface area contributed by atoms with Gasteiger partial charge in [0.1, 0.15) is 55.4 Å². The molecular weight excluding hydrogens is 877 g/mol. The van der Waals surface area contributed by atoms with Crippen LogP contribution in [0.5, 0.6) is 0 Å². The maximum absolute atomic E-state index is 13.0. The number of ether oxygens (including phenoxy) is 6. The maximum atomic E-state index is 13.0. The van der Waals surface area contributed by atoms with Crippen LogP contribution in [0.15, 0.2) is 60.8 Å². The van der Waals surface area contributed by atoms with E-state index in [0.717, 1.165) is 57.8 Å². The van der Waals surface area contributed by atoms with E-state index in [-0.39, 0.29) is 13.0 Å². The van der Waals surface area contributed by atoms with Crippen LogP contribution in [0.4, 0.5) is 0 Å². The van der Waals surface area contributed by atoms with Gasteiger partial charge < -0.3 is 64.2 Å². The minimum absolute atomic E-state index is 0.118. The quantitative estimate of drug-likeness (QED) is 0.0106. The van der Waals surface area contributed by atoms with E-state index in [2.05, 4.69) is 50.3 Å². The Labute approximate surface area is 407 Å². The Morgan fingerprint density at radius 1 is 0.515 bits per heavy atom. The van der Waals surface area contributed by atoms with E-state index >= 15 is 0 Å². The first kappa shape index (κ1) is 61.3. The molecule has 0 amide bonds. The Morgan fingerprint density at radius 2 is 0.985 bits per heavy atom. The van der Waals surface area contributed by atoms with Crippen LogP contribution in [-0.4, -0.2) is 142 Å². The zero-order chi connectivity index (χ0) is 49.6. The molecule has 15 heteroatoms. The van der Waals surface area contributed by atoms with Crippen LogP contribution in [-0.2, 0) is 38.0 Å². The summed E-state index contributed by atoms with van der Waals surface area (Å²) in [6.07, 6.45) is 28.8. The molecule has 0 aromatic rings. The summed E-state index contributed by atoms with van der Waals surface area (Å²) < 4.78 is 33.4. The van der Waals surface area contributed by atoms with Crippen molar-refractivity contribution in [3.63, 3.8) is 0 Å². The highest BCUT2D eigenvalue weighted by Crippen LogP contribution is 2.26. The first-order valence-corrected chi connectivity index (χ1v) is 25.9. The predicted octanol–water partition coefficient (Wildman–Crippen LogP) is 7.27. The van der Waals surface area contributed by atoms with Crippen LogP contribution >= 0.6 is 0 Å². The van der Waals surface area contributed by atoms with Gasteiger partial charge in [0.2, 0.25) is 0 Å². The topological polar surface area (TPSA) is 231 Å². The lowest BCUT2D eigenvalue weighted by molar-refractivity contribution is -0.332. The van der Waals surface area contributed by atoms with Gasteiger partial charge in [0, 0.05) is 12.5 Å². The summed E-state index contributed by atoms with van der Waals surface area (Å²) >= 11 is 0. The molecule has 7 N–H and O–H groups in total. The fourth-order valence-electron chi connectivity index (χ4n) is 7.78. The number of aliphatic hydroxyl groups is 7. The van der Waals surface area contributed by atoms with Gasteiger partial charge in [-0.05, 0) is 57.8 Å². The summed E-state index contributed by atoms with van der Waals surface area (Å²) in [7, 11) is 0. The van der Waals surface area contributed by atoms with E-state index < -0.39 is 99.3 Å². The molecule has 11 atom stereocenters. The number of esters is 2. The third kappa shape index (κ3) is 27.6. The van der Waals surface area contributed by atoms with Crippen molar-refractivity contribution < 1.29 is 73.8 Å². The number of hydrogen-bond acceptors (Lipinski definition) is 15. The molecule has 2 fully saturated rings. The molecule has 2 aliphatic rings. The molecule has 68 heavy (non-hydrogen) atoms. The summed E-state index contributed by atoms with van der Waals surface area (Å²) in [5.41, 5.74) is 0. The van der Waals surface area contributed by atoms with Gasteiger partial charge in [0.15, 0.2) is 18.7 Å². The smallest absolute Gasteiger partial charge is 0.330 e. The first-order chi connectivity index (χ1) is 33.0. The number of hydrogen-bond donors (Lipinski definition) is 7. The van der Waals surface area contributed by atoms with Crippen molar-refractivity contribution in [2.45, 2.75) is 235 Å². The van der Waals surface area contributed by atoms with E-state index in [4.69, 9.17) is 28.4 Å². The van der Waals surface area contributed by atoms with Crippen molar-refractivity contribution in [3.8, 4) is 0 Å². The van der Waals surface area contributed by atoms with Crippen molar-refractivity contribution in [2.75, 3.05) is 26.4 Å². The molecule has 2 saturated heterocycles. The van der Waals surface area contributed by atoms with Gasteiger partial charge in [-0.3, -0.25) is 4.79 Å². The van der Waals surface area contributed by atoms with E-state index in [0.29, 0.717) is 6.42 Å². The largest absolute Gasteiger partial charge is 0.458 e. The van der Waals surface area contributed by atoms with Gasteiger partial charge in [-0.25, -0.2) is 4.79 Å². The van der Waals surface area contributed by atoms with Crippen LogP contribution in [0.25, 0.3) is 0 Å². The first-order valence-electron chi connectivity index (χ1n) is 25.9. The highest BCUT2D eigenvalue weighted by molar-refractivity contribution is 5.82. The minimum atomic E-state index is -1.78. The second-order valence-electron chi connectivity index (χ2n) is 18.1. The van der Waals surface area contributed by atoms with Gasteiger partial charge in [0.05, 0.1) is 19.8 Å². The van der Waals surface area contributed by atoms with E-state index in [1.165, 1.54) is 89.5 Å². The highest BCUT2D eigenvalue weighted by Gasteiger charge is 2.47. The molecule has 0 aromatic heterocycles. The van der Waals surface area contributed by atoms with Crippen LogP contribution in [0.1, 0.15) is 168 Å². The third-order valence-corrected chi connectivity index (χ3v) is 12.1. The second-order valence-corrected chi connectivity index (χ2v) is 18.1. The summed E-state index contributed by atoms with van der Waals surface area (Å²) in [5, 5.41) is 72.0. The van der Waals surface area contributed by atoms with Crippen molar-refractivity contribution >= 4 is 11.9 Å². The summed E-state index contributed by atoms with van der Waals surface area (Å²) in [6.45, 7) is 2.41. The molecule has 2 rings (SSSR count). The monoisotopic (exact) mass is 967 g/mol. The van der Waals surface area contributed by atoms with E-state index in [1.54, 1.807) is 12.2 Å². The molecular formula is C53H90O15. The van der Waals surface area contributed by atoms with Crippen LogP contribution in [0, 0.1) is 0 Å². The van der Waals surface area contributed by atoms with Gasteiger partial charge in [0.25, 0.3) is 0 Å². The molecule has 0 spiro atoms. The Hall–Kier alpha value is -2.80. The molecule has 0 saturated carbocycles. The van der Waals surface area contributed by atoms with Crippen LogP contribution in [0.2, 0.25) is 0 Å². The van der Waals surface area contributed by atoms with Gasteiger partial charge >= 0.3 is 11.9 Å². The van der Waals surface area contributed by atoms with Crippen molar-refractivity contribution in [1.82, 2.24) is 0 Å². The fourth-order valence-corrected chi connectivity index (χ4v) is 7.78. The maximum Gasteiger partial charge on any atom is 0.330 e. The lowest BCUT2D eigenvalue weighted by Gasteiger charge is -2.42. The van der Waals surface area contributed by atoms with Crippen molar-refractivity contribution in [1.29, 1.82) is 0 Å². The number of rotatable bonds is 39. The van der Waals surface area contributed by atoms with Crippen LogP contribution in [0.3, 0.4) is 0 Å². The molecule has 0 bridgehead atoms. The highest BCUT2D eigenvalue weighted by atomic mass is 16.7. The lowest BCUT2D eigenvalue weighted by atomic mass is 9.98. The number of carbonyl (C=O) groups is 2. The average molecular weight is 967 g/mol.